The number of hydrogen-bond donors (Lipinski definition) is 3. The Labute approximate surface area is 121 Å². The number of carboxylic acid groups (broad SMARTS) is 1. The molecule has 3 N–H and O–H groups in total. The van der Waals surface area contributed by atoms with Crippen LogP contribution in [-0.4, -0.2) is 36.3 Å². The van der Waals surface area contributed by atoms with E-state index >= 15 is 0 Å². The van der Waals surface area contributed by atoms with Crippen LogP contribution in [-0.2, 0) is 12.0 Å². The van der Waals surface area contributed by atoms with Gasteiger partial charge >= 0.3 is 5.97 Å². The summed E-state index contributed by atoms with van der Waals surface area (Å²) >= 11 is 0. The fourth-order valence-corrected chi connectivity index (χ4v) is 2.18. The van der Waals surface area contributed by atoms with Gasteiger partial charge in [-0.25, -0.2) is 9.48 Å². The Hall–Kier alpha value is -2.41. The molecule has 0 spiro atoms. The summed E-state index contributed by atoms with van der Waals surface area (Å²) in [4.78, 5) is 11.1. The monoisotopic (exact) mass is 291 g/mol. The van der Waals surface area contributed by atoms with E-state index in [1.807, 2.05) is 20.8 Å². The molecule has 0 bridgehead atoms. The average molecular weight is 291 g/mol. The molecule has 1 aromatic heterocycles. The minimum Gasteiger partial charge on any atom is -0.507 e. The molecule has 0 aliphatic heterocycles. The number of phenols is 1. The molecule has 1 aromatic carbocycles. The highest BCUT2D eigenvalue weighted by atomic mass is 16.4. The van der Waals surface area contributed by atoms with Crippen LogP contribution in [0.25, 0.3) is 5.69 Å². The molecule has 0 aliphatic rings. The predicted molar refractivity (Wildman–Crippen MR) is 74.6 cm³/mol. The minimum atomic E-state index is -1.23. The van der Waals surface area contributed by atoms with Gasteiger partial charge in [-0.15, -0.1) is 5.10 Å². The first kappa shape index (κ1) is 15.0. The highest BCUT2D eigenvalue weighted by molar-refractivity contribution is 5.91. The molecular weight excluding hydrogens is 274 g/mol. The smallest absolute Gasteiger partial charge is 0.339 e. The second kappa shape index (κ2) is 5.17. The molecule has 7 nitrogen and oxygen atoms in total. The molecule has 2 rings (SSSR count). The van der Waals surface area contributed by atoms with Crippen molar-refractivity contribution >= 4 is 5.97 Å². The third kappa shape index (κ3) is 2.73. The van der Waals surface area contributed by atoms with Gasteiger partial charge in [0.05, 0.1) is 18.0 Å². The van der Waals surface area contributed by atoms with Crippen molar-refractivity contribution in [2.75, 3.05) is 0 Å². The Balaban J connectivity index is 2.66. The van der Waals surface area contributed by atoms with Crippen molar-refractivity contribution in [1.29, 1.82) is 0 Å². The summed E-state index contributed by atoms with van der Waals surface area (Å²) in [6.07, 6.45) is 0. The molecule has 0 atom stereocenters. The van der Waals surface area contributed by atoms with Crippen LogP contribution in [0.4, 0.5) is 0 Å². The van der Waals surface area contributed by atoms with E-state index < -0.39 is 5.97 Å². The van der Waals surface area contributed by atoms with E-state index in [0.717, 1.165) is 0 Å². The average Bonchev–Trinajstić information content (AvgIpc) is 2.82. The lowest BCUT2D eigenvalue weighted by Gasteiger charge is -2.21. The molecule has 0 amide bonds. The topological polar surface area (TPSA) is 108 Å². The third-order valence-corrected chi connectivity index (χ3v) is 3.06. The van der Waals surface area contributed by atoms with Crippen LogP contribution >= 0.6 is 0 Å². The summed E-state index contributed by atoms with van der Waals surface area (Å²) in [7, 11) is 0. The van der Waals surface area contributed by atoms with Crippen molar-refractivity contribution in [2.24, 2.45) is 0 Å². The molecule has 21 heavy (non-hydrogen) atoms. The van der Waals surface area contributed by atoms with Gasteiger partial charge in [-0.2, -0.15) is 0 Å². The molecule has 0 fully saturated rings. The summed E-state index contributed by atoms with van der Waals surface area (Å²) in [6, 6.07) is 4.17. The Morgan fingerprint density at radius 1 is 1.33 bits per heavy atom. The molecule has 0 saturated carbocycles. The van der Waals surface area contributed by atoms with E-state index in [9.17, 15) is 15.0 Å². The molecule has 0 saturated heterocycles. The maximum Gasteiger partial charge on any atom is 0.339 e. The van der Waals surface area contributed by atoms with Gasteiger partial charge in [0.25, 0.3) is 0 Å². The number of aliphatic hydroxyl groups excluding tert-OH is 1. The SMILES string of the molecule is CC(C)(C)c1c(CO)nnn1-c1ccc(O)c(C(=O)O)c1. The van der Waals surface area contributed by atoms with E-state index in [4.69, 9.17) is 5.11 Å². The Morgan fingerprint density at radius 3 is 2.52 bits per heavy atom. The number of rotatable bonds is 3. The number of carboxylic acids is 1. The maximum absolute atomic E-state index is 11.1. The predicted octanol–water partition coefficient (Wildman–Crippen LogP) is 1.46. The summed E-state index contributed by atoms with van der Waals surface area (Å²) in [6.45, 7) is 5.58. The molecule has 0 unspecified atom stereocenters. The van der Waals surface area contributed by atoms with Crippen LogP contribution in [0.5, 0.6) is 5.75 Å². The lowest BCUT2D eigenvalue weighted by atomic mass is 9.90. The number of aromatic nitrogens is 3. The number of aromatic carboxylic acids is 1. The molecule has 7 heteroatoms. The number of hydrogen-bond acceptors (Lipinski definition) is 5. The van der Waals surface area contributed by atoms with Crippen LogP contribution in [0.2, 0.25) is 0 Å². The zero-order valence-electron chi connectivity index (χ0n) is 12.0. The van der Waals surface area contributed by atoms with Crippen LogP contribution in [0.15, 0.2) is 18.2 Å². The molecular formula is C14H17N3O4. The first-order valence-electron chi connectivity index (χ1n) is 6.38. The van der Waals surface area contributed by atoms with E-state index in [2.05, 4.69) is 10.3 Å². The van der Waals surface area contributed by atoms with Gasteiger partial charge in [-0.1, -0.05) is 26.0 Å². The molecule has 1 heterocycles. The second-order valence-corrected chi connectivity index (χ2v) is 5.71. The number of benzene rings is 1. The van der Waals surface area contributed by atoms with Gasteiger partial charge in [-0.05, 0) is 18.2 Å². The summed E-state index contributed by atoms with van der Waals surface area (Å²) in [5.74, 6) is -1.54. The molecule has 2 aromatic rings. The van der Waals surface area contributed by atoms with Gasteiger partial charge in [0.2, 0.25) is 0 Å². The van der Waals surface area contributed by atoms with E-state index in [1.165, 1.54) is 16.8 Å². The summed E-state index contributed by atoms with van der Waals surface area (Å²) < 4.78 is 1.48. The van der Waals surface area contributed by atoms with Crippen LogP contribution in [0.3, 0.4) is 0 Å². The van der Waals surface area contributed by atoms with E-state index in [0.29, 0.717) is 17.1 Å². The van der Waals surface area contributed by atoms with Crippen molar-refractivity contribution in [1.82, 2.24) is 15.0 Å². The first-order valence-corrected chi connectivity index (χ1v) is 6.38. The quantitative estimate of drug-likeness (QED) is 0.790. The first-order chi connectivity index (χ1) is 9.75. The Bertz CT molecular complexity index is 686. The summed E-state index contributed by atoms with van der Waals surface area (Å²) in [5.41, 5.74) is 1.03. The highest BCUT2D eigenvalue weighted by Crippen LogP contribution is 2.28. The minimum absolute atomic E-state index is 0.214. The Morgan fingerprint density at radius 2 is 2.00 bits per heavy atom. The fourth-order valence-electron chi connectivity index (χ4n) is 2.18. The molecule has 0 aliphatic carbocycles. The fraction of sp³-hybridized carbons (Fsp3) is 0.357. The normalized spacial score (nSPS) is 11.6. The lowest BCUT2D eigenvalue weighted by molar-refractivity contribution is 0.0693. The van der Waals surface area contributed by atoms with Gasteiger partial charge in [-0.3, -0.25) is 0 Å². The van der Waals surface area contributed by atoms with E-state index in [1.54, 1.807) is 6.07 Å². The largest absolute Gasteiger partial charge is 0.507 e. The zero-order valence-corrected chi connectivity index (χ0v) is 12.0. The van der Waals surface area contributed by atoms with Crippen molar-refractivity contribution < 1.29 is 20.1 Å². The van der Waals surface area contributed by atoms with Gasteiger partial charge in [0.15, 0.2) is 0 Å². The maximum atomic E-state index is 11.1. The van der Waals surface area contributed by atoms with Gasteiger partial charge in [0, 0.05) is 5.41 Å². The van der Waals surface area contributed by atoms with Crippen molar-refractivity contribution in [3.63, 3.8) is 0 Å². The van der Waals surface area contributed by atoms with Crippen LogP contribution < -0.4 is 0 Å². The van der Waals surface area contributed by atoms with Gasteiger partial charge < -0.3 is 15.3 Å². The van der Waals surface area contributed by atoms with Crippen molar-refractivity contribution in [3.05, 3.63) is 35.2 Å². The molecule has 0 radical (unpaired) electrons. The zero-order chi connectivity index (χ0) is 15.8. The molecule has 112 valence electrons. The van der Waals surface area contributed by atoms with Crippen molar-refractivity contribution in [3.8, 4) is 11.4 Å². The number of aromatic hydroxyl groups is 1. The van der Waals surface area contributed by atoms with Gasteiger partial charge in [0.1, 0.15) is 17.0 Å². The number of carbonyl (C=O) groups is 1. The Kier molecular flexibility index (Phi) is 3.69. The number of aliphatic hydroxyl groups is 1. The lowest BCUT2D eigenvalue weighted by Crippen LogP contribution is -2.19. The van der Waals surface area contributed by atoms with E-state index in [-0.39, 0.29) is 23.3 Å². The number of nitrogens with zero attached hydrogens (tertiary/aromatic N) is 3. The standard InChI is InChI=1S/C14H17N3O4/c1-14(2,3)12-10(7-18)15-16-17(12)8-4-5-11(19)9(6-8)13(20)21/h4-6,18-19H,7H2,1-3H3,(H,20,21). The third-order valence-electron chi connectivity index (χ3n) is 3.06. The van der Waals surface area contributed by atoms with Crippen LogP contribution in [0, 0.1) is 0 Å². The van der Waals surface area contributed by atoms with Crippen LogP contribution in [0.1, 0.15) is 42.5 Å². The highest BCUT2D eigenvalue weighted by Gasteiger charge is 2.26. The second-order valence-electron chi connectivity index (χ2n) is 5.71. The summed E-state index contributed by atoms with van der Waals surface area (Å²) in [5, 5.41) is 35.9. The van der Waals surface area contributed by atoms with Crippen molar-refractivity contribution in [2.45, 2.75) is 32.8 Å².